The molecule has 0 spiro atoms. The van der Waals surface area contributed by atoms with Crippen molar-refractivity contribution in [3.05, 3.63) is 34.6 Å². The molecular formula is C11H13ClN2O. The first-order chi connectivity index (χ1) is 6.99. The number of anilines is 1. The molecule has 0 fully saturated rings. The van der Waals surface area contributed by atoms with Gasteiger partial charge in [0.2, 0.25) is 5.91 Å². The van der Waals surface area contributed by atoms with Gasteiger partial charge in [0.15, 0.2) is 5.15 Å². The number of nitrogens with zero attached hydrogens (tertiary/aromatic N) is 1. The fourth-order valence-electron chi connectivity index (χ4n) is 1.07. The first-order valence-corrected chi connectivity index (χ1v) is 4.95. The van der Waals surface area contributed by atoms with Crippen LogP contribution in [0.3, 0.4) is 0 Å². The predicted molar refractivity (Wildman–Crippen MR) is 62.0 cm³/mol. The molecule has 0 saturated carbocycles. The van der Waals surface area contributed by atoms with E-state index in [1.165, 1.54) is 6.08 Å². The molecule has 0 unspecified atom stereocenters. The number of carbonyl (C=O) groups is 1. The number of aromatic nitrogens is 1. The number of pyridine rings is 1. The Labute approximate surface area is 94.2 Å². The molecule has 0 radical (unpaired) electrons. The molecule has 3 nitrogen and oxygen atoms in total. The van der Waals surface area contributed by atoms with E-state index in [9.17, 15) is 4.79 Å². The molecule has 1 aromatic rings. The molecule has 0 aliphatic rings. The van der Waals surface area contributed by atoms with Crippen molar-refractivity contribution in [1.29, 1.82) is 0 Å². The highest BCUT2D eigenvalue weighted by molar-refractivity contribution is 6.32. The van der Waals surface area contributed by atoms with Gasteiger partial charge in [-0.2, -0.15) is 0 Å². The second-order valence-corrected chi connectivity index (χ2v) is 3.92. The Morgan fingerprint density at radius 1 is 1.53 bits per heavy atom. The number of nitrogens with one attached hydrogen (secondary N) is 1. The zero-order valence-corrected chi connectivity index (χ0v) is 9.72. The van der Waals surface area contributed by atoms with E-state index in [0.717, 1.165) is 11.1 Å². The number of aryl methyl sites for hydroxylation is 1. The third-order valence-electron chi connectivity index (χ3n) is 1.65. The van der Waals surface area contributed by atoms with Crippen LogP contribution in [0.2, 0.25) is 5.15 Å². The number of hydrogen-bond donors (Lipinski definition) is 1. The van der Waals surface area contributed by atoms with Gasteiger partial charge in [0.05, 0.1) is 5.69 Å². The molecule has 1 N–H and O–H groups in total. The molecule has 0 aromatic carbocycles. The van der Waals surface area contributed by atoms with E-state index < -0.39 is 0 Å². The minimum atomic E-state index is -0.190. The molecule has 1 amide bonds. The van der Waals surface area contributed by atoms with Gasteiger partial charge in [-0.25, -0.2) is 4.98 Å². The first-order valence-electron chi connectivity index (χ1n) is 4.57. The van der Waals surface area contributed by atoms with Crippen molar-refractivity contribution in [3.63, 3.8) is 0 Å². The molecule has 15 heavy (non-hydrogen) atoms. The lowest BCUT2D eigenvalue weighted by Crippen LogP contribution is -2.09. The number of halogens is 1. The van der Waals surface area contributed by atoms with Crippen molar-refractivity contribution in [1.82, 2.24) is 4.98 Å². The van der Waals surface area contributed by atoms with Crippen LogP contribution >= 0.6 is 11.6 Å². The fourth-order valence-corrected chi connectivity index (χ4v) is 1.22. The fraction of sp³-hybridized carbons (Fsp3) is 0.273. The number of hydrogen-bond acceptors (Lipinski definition) is 2. The summed E-state index contributed by atoms with van der Waals surface area (Å²) in [6.45, 7) is 5.60. The monoisotopic (exact) mass is 224 g/mol. The molecule has 4 heteroatoms. The van der Waals surface area contributed by atoms with Crippen LogP contribution in [0.1, 0.15) is 19.4 Å². The van der Waals surface area contributed by atoms with E-state index >= 15 is 0 Å². The second-order valence-electron chi connectivity index (χ2n) is 3.56. The van der Waals surface area contributed by atoms with Crippen LogP contribution in [-0.2, 0) is 4.79 Å². The van der Waals surface area contributed by atoms with Crippen molar-refractivity contribution >= 4 is 23.2 Å². The average molecular weight is 225 g/mol. The van der Waals surface area contributed by atoms with Crippen LogP contribution in [0.25, 0.3) is 0 Å². The minimum absolute atomic E-state index is 0.190. The van der Waals surface area contributed by atoms with Gasteiger partial charge in [0, 0.05) is 12.3 Å². The Morgan fingerprint density at radius 2 is 2.20 bits per heavy atom. The quantitative estimate of drug-likeness (QED) is 0.620. The van der Waals surface area contributed by atoms with E-state index in [1.54, 1.807) is 12.3 Å². The zero-order chi connectivity index (χ0) is 11.4. The molecule has 1 heterocycles. The Balaban J connectivity index is 2.85. The molecule has 0 atom stereocenters. The molecule has 1 aromatic heterocycles. The van der Waals surface area contributed by atoms with Gasteiger partial charge in [-0.15, -0.1) is 0 Å². The summed E-state index contributed by atoms with van der Waals surface area (Å²) in [5.41, 5.74) is 2.43. The molecule has 0 aliphatic carbocycles. The first kappa shape index (κ1) is 11.7. The van der Waals surface area contributed by atoms with Crippen molar-refractivity contribution in [3.8, 4) is 0 Å². The van der Waals surface area contributed by atoms with Crippen molar-refractivity contribution in [2.75, 3.05) is 5.32 Å². The van der Waals surface area contributed by atoms with Crippen molar-refractivity contribution < 1.29 is 4.79 Å². The summed E-state index contributed by atoms with van der Waals surface area (Å²) in [4.78, 5) is 15.4. The van der Waals surface area contributed by atoms with Gasteiger partial charge in [-0.3, -0.25) is 4.79 Å². The second kappa shape index (κ2) is 4.94. The Hall–Kier alpha value is -1.35. The summed E-state index contributed by atoms with van der Waals surface area (Å²) in [7, 11) is 0. The van der Waals surface area contributed by atoms with E-state index in [0.29, 0.717) is 10.8 Å². The van der Waals surface area contributed by atoms with Gasteiger partial charge >= 0.3 is 0 Å². The number of allylic oxidation sites excluding steroid dienone is 1. The summed E-state index contributed by atoms with van der Waals surface area (Å²) >= 11 is 5.83. The van der Waals surface area contributed by atoms with Crippen LogP contribution in [0.15, 0.2) is 23.9 Å². The Morgan fingerprint density at radius 3 is 2.80 bits per heavy atom. The lowest BCUT2D eigenvalue weighted by atomic mass is 10.3. The molecule has 0 saturated heterocycles. The topological polar surface area (TPSA) is 42.0 Å². The third kappa shape index (κ3) is 3.72. The van der Waals surface area contributed by atoms with Crippen molar-refractivity contribution in [2.45, 2.75) is 20.8 Å². The molecule has 0 bridgehead atoms. The number of amides is 1. The van der Waals surface area contributed by atoms with E-state index in [4.69, 9.17) is 11.6 Å². The molecule has 0 aliphatic heterocycles. The highest BCUT2D eigenvalue weighted by Crippen LogP contribution is 2.19. The maximum Gasteiger partial charge on any atom is 0.248 e. The average Bonchev–Trinajstić information content (AvgIpc) is 2.10. The predicted octanol–water partition coefficient (Wildman–Crippen LogP) is 2.95. The maximum atomic E-state index is 11.4. The van der Waals surface area contributed by atoms with Crippen LogP contribution < -0.4 is 5.32 Å². The summed E-state index contributed by atoms with van der Waals surface area (Å²) < 4.78 is 0. The smallest absolute Gasteiger partial charge is 0.248 e. The molecular weight excluding hydrogens is 212 g/mol. The van der Waals surface area contributed by atoms with E-state index in [1.807, 2.05) is 20.8 Å². The largest absolute Gasteiger partial charge is 0.320 e. The van der Waals surface area contributed by atoms with Crippen molar-refractivity contribution in [2.24, 2.45) is 0 Å². The molecule has 1 rings (SSSR count). The highest BCUT2D eigenvalue weighted by Gasteiger charge is 2.04. The Bertz CT molecular complexity index is 409. The third-order valence-corrected chi connectivity index (χ3v) is 1.95. The van der Waals surface area contributed by atoms with Crippen LogP contribution in [0, 0.1) is 6.92 Å². The number of rotatable bonds is 2. The summed E-state index contributed by atoms with van der Waals surface area (Å²) in [6.07, 6.45) is 3.16. The van der Waals surface area contributed by atoms with Gasteiger partial charge in [-0.05, 0) is 32.4 Å². The lowest BCUT2D eigenvalue weighted by molar-refractivity contribution is -0.111. The maximum absolute atomic E-state index is 11.4. The number of carbonyl (C=O) groups excluding carboxylic acids is 1. The van der Waals surface area contributed by atoms with Gasteiger partial charge in [-0.1, -0.05) is 17.2 Å². The van der Waals surface area contributed by atoms with Crippen LogP contribution in [-0.4, -0.2) is 10.9 Å². The zero-order valence-electron chi connectivity index (χ0n) is 8.97. The molecule has 80 valence electrons. The highest BCUT2D eigenvalue weighted by atomic mass is 35.5. The summed E-state index contributed by atoms with van der Waals surface area (Å²) in [5.74, 6) is -0.190. The normalized spacial score (nSPS) is 9.60. The minimum Gasteiger partial charge on any atom is -0.320 e. The SMILES string of the molecule is CC(C)=CC(=O)Nc1cc(C)cnc1Cl. The van der Waals surface area contributed by atoms with Crippen LogP contribution in [0.5, 0.6) is 0 Å². The Kier molecular flexibility index (Phi) is 3.86. The summed E-state index contributed by atoms with van der Waals surface area (Å²) in [5, 5.41) is 2.97. The van der Waals surface area contributed by atoms with E-state index in [2.05, 4.69) is 10.3 Å². The lowest BCUT2D eigenvalue weighted by Gasteiger charge is -2.05. The van der Waals surface area contributed by atoms with E-state index in [-0.39, 0.29) is 5.91 Å². The van der Waals surface area contributed by atoms with Crippen LogP contribution in [0.4, 0.5) is 5.69 Å². The van der Waals surface area contributed by atoms with Gasteiger partial charge < -0.3 is 5.32 Å². The standard InChI is InChI=1S/C11H13ClN2O/c1-7(2)4-10(15)14-9-5-8(3)6-13-11(9)12/h4-6H,1-3H3,(H,14,15). The van der Waals surface area contributed by atoms with Gasteiger partial charge in [0.1, 0.15) is 0 Å². The van der Waals surface area contributed by atoms with Gasteiger partial charge in [0.25, 0.3) is 0 Å². The summed E-state index contributed by atoms with van der Waals surface area (Å²) in [6, 6.07) is 1.78.